The molecule has 0 amide bonds. The van der Waals surface area contributed by atoms with E-state index in [-0.39, 0.29) is 0 Å². The fourth-order valence-electron chi connectivity index (χ4n) is 1.70. The van der Waals surface area contributed by atoms with Crippen LogP contribution in [-0.4, -0.2) is 12.6 Å². The van der Waals surface area contributed by atoms with Gasteiger partial charge in [0.05, 0.1) is 36.4 Å². The van der Waals surface area contributed by atoms with Gasteiger partial charge >= 0.3 is 5.97 Å². The van der Waals surface area contributed by atoms with Gasteiger partial charge in [0.2, 0.25) is 0 Å². The summed E-state index contributed by atoms with van der Waals surface area (Å²) in [5, 5.41) is 3.13. The molecule has 0 aliphatic heterocycles. The molecule has 5 nitrogen and oxygen atoms in total. The molecule has 1 heterocycles. The lowest BCUT2D eigenvalue weighted by molar-refractivity contribution is 0.0527. The molecular formula is C14H16N2O3. The van der Waals surface area contributed by atoms with Crippen LogP contribution in [0.5, 0.6) is 0 Å². The van der Waals surface area contributed by atoms with Gasteiger partial charge in [-0.15, -0.1) is 0 Å². The molecule has 5 heteroatoms. The maximum Gasteiger partial charge on any atom is 0.340 e. The van der Waals surface area contributed by atoms with Crippen molar-refractivity contribution in [2.24, 2.45) is 0 Å². The predicted molar refractivity (Wildman–Crippen MR) is 72.8 cm³/mol. The number of nitrogen functional groups attached to an aromatic ring is 1. The number of furan rings is 1. The Morgan fingerprint density at radius 1 is 1.37 bits per heavy atom. The molecule has 0 spiro atoms. The maximum absolute atomic E-state index is 11.7. The molecule has 2 aromatic rings. The number of para-hydroxylation sites is 1. The highest BCUT2D eigenvalue weighted by atomic mass is 16.5. The molecule has 0 saturated heterocycles. The van der Waals surface area contributed by atoms with Crippen molar-refractivity contribution in [2.45, 2.75) is 13.5 Å². The number of benzene rings is 1. The second kappa shape index (κ2) is 5.95. The first-order chi connectivity index (χ1) is 9.22. The zero-order valence-corrected chi connectivity index (χ0v) is 10.7. The number of nitrogens with one attached hydrogen (secondary N) is 1. The number of carbonyl (C=O) groups is 1. The van der Waals surface area contributed by atoms with Crippen LogP contribution in [0.1, 0.15) is 23.0 Å². The third kappa shape index (κ3) is 3.07. The Balaban J connectivity index is 2.13. The predicted octanol–water partition coefficient (Wildman–Crippen LogP) is 2.65. The SMILES string of the molecule is CCOC(=O)c1cccc(NCc2ccco2)c1N. The van der Waals surface area contributed by atoms with Crippen LogP contribution >= 0.6 is 0 Å². The van der Waals surface area contributed by atoms with Crippen LogP contribution in [-0.2, 0) is 11.3 Å². The number of ether oxygens (including phenoxy) is 1. The summed E-state index contributed by atoms with van der Waals surface area (Å²) in [6, 6.07) is 8.88. The number of hydrogen-bond acceptors (Lipinski definition) is 5. The lowest BCUT2D eigenvalue weighted by Crippen LogP contribution is -2.10. The minimum atomic E-state index is -0.415. The van der Waals surface area contributed by atoms with E-state index >= 15 is 0 Å². The van der Waals surface area contributed by atoms with Crippen molar-refractivity contribution in [1.29, 1.82) is 0 Å². The number of esters is 1. The summed E-state index contributed by atoms with van der Waals surface area (Å²) in [6.45, 7) is 2.58. The summed E-state index contributed by atoms with van der Waals surface area (Å²) in [6.07, 6.45) is 1.61. The Bertz CT molecular complexity index is 550. The third-order valence-corrected chi connectivity index (χ3v) is 2.63. The molecule has 2 rings (SSSR count). The van der Waals surface area contributed by atoms with Gasteiger partial charge in [0, 0.05) is 0 Å². The van der Waals surface area contributed by atoms with Gasteiger partial charge in [0.1, 0.15) is 5.76 Å². The number of rotatable bonds is 5. The minimum absolute atomic E-state index is 0.322. The molecule has 0 bridgehead atoms. The molecule has 0 radical (unpaired) electrons. The highest BCUT2D eigenvalue weighted by Crippen LogP contribution is 2.24. The van der Waals surface area contributed by atoms with E-state index in [0.717, 1.165) is 5.76 Å². The van der Waals surface area contributed by atoms with E-state index in [2.05, 4.69) is 5.32 Å². The number of carbonyl (C=O) groups excluding carboxylic acids is 1. The highest BCUT2D eigenvalue weighted by Gasteiger charge is 2.13. The Kier molecular flexibility index (Phi) is 4.07. The van der Waals surface area contributed by atoms with Gasteiger partial charge in [0.25, 0.3) is 0 Å². The van der Waals surface area contributed by atoms with Gasteiger partial charge in [-0.05, 0) is 31.2 Å². The van der Waals surface area contributed by atoms with Crippen molar-refractivity contribution in [1.82, 2.24) is 0 Å². The molecule has 3 N–H and O–H groups in total. The summed E-state index contributed by atoms with van der Waals surface area (Å²) in [5.41, 5.74) is 7.39. The molecule has 0 saturated carbocycles. The molecule has 0 atom stereocenters. The van der Waals surface area contributed by atoms with Gasteiger partial charge in [-0.25, -0.2) is 4.79 Å². The van der Waals surface area contributed by atoms with Gasteiger partial charge in [-0.1, -0.05) is 6.07 Å². The Hall–Kier alpha value is -2.43. The first-order valence-electron chi connectivity index (χ1n) is 6.04. The second-order valence-electron chi connectivity index (χ2n) is 3.92. The summed E-state index contributed by atoms with van der Waals surface area (Å²) < 4.78 is 10.2. The van der Waals surface area contributed by atoms with E-state index in [1.54, 1.807) is 31.4 Å². The molecule has 0 aliphatic carbocycles. The van der Waals surface area contributed by atoms with Crippen molar-refractivity contribution in [3.05, 3.63) is 47.9 Å². The van der Waals surface area contributed by atoms with Crippen molar-refractivity contribution in [3.8, 4) is 0 Å². The fraction of sp³-hybridized carbons (Fsp3) is 0.214. The average molecular weight is 260 g/mol. The molecule has 1 aromatic carbocycles. The maximum atomic E-state index is 11.7. The largest absolute Gasteiger partial charge is 0.467 e. The zero-order chi connectivity index (χ0) is 13.7. The standard InChI is InChI=1S/C14H16N2O3/c1-2-18-14(17)11-6-3-7-12(13(11)15)16-9-10-5-4-8-19-10/h3-8,16H,2,9,15H2,1H3. The van der Waals surface area contributed by atoms with Gasteiger partial charge < -0.3 is 20.2 Å². The Morgan fingerprint density at radius 3 is 2.89 bits per heavy atom. The molecule has 1 aromatic heterocycles. The lowest BCUT2D eigenvalue weighted by atomic mass is 10.1. The Labute approximate surface area is 111 Å². The normalized spacial score (nSPS) is 10.2. The molecule has 19 heavy (non-hydrogen) atoms. The monoisotopic (exact) mass is 260 g/mol. The topological polar surface area (TPSA) is 77.5 Å². The van der Waals surface area contributed by atoms with Crippen molar-refractivity contribution in [3.63, 3.8) is 0 Å². The average Bonchev–Trinajstić information content (AvgIpc) is 2.91. The summed E-state index contributed by atoms with van der Waals surface area (Å²) in [5.74, 6) is 0.377. The van der Waals surface area contributed by atoms with E-state index in [0.29, 0.717) is 30.1 Å². The van der Waals surface area contributed by atoms with Gasteiger partial charge in [-0.2, -0.15) is 0 Å². The van der Waals surface area contributed by atoms with Crippen LogP contribution in [0.4, 0.5) is 11.4 Å². The molecule has 100 valence electrons. The summed E-state index contributed by atoms with van der Waals surface area (Å²) in [4.78, 5) is 11.7. The number of anilines is 2. The van der Waals surface area contributed by atoms with E-state index < -0.39 is 5.97 Å². The third-order valence-electron chi connectivity index (χ3n) is 2.63. The van der Waals surface area contributed by atoms with Gasteiger partial charge in [0.15, 0.2) is 0 Å². The van der Waals surface area contributed by atoms with Crippen LogP contribution < -0.4 is 11.1 Å². The van der Waals surface area contributed by atoms with Crippen molar-refractivity contribution < 1.29 is 13.9 Å². The van der Waals surface area contributed by atoms with E-state index in [1.165, 1.54) is 0 Å². The van der Waals surface area contributed by atoms with Crippen LogP contribution in [0.25, 0.3) is 0 Å². The van der Waals surface area contributed by atoms with Crippen LogP contribution in [0.2, 0.25) is 0 Å². The first-order valence-corrected chi connectivity index (χ1v) is 6.04. The molecular weight excluding hydrogens is 244 g/mol. The quantitative estimate of drug-likeness (QED) is 0.638. The smallest absolute Gasteiger partial charge is 0.340 e. The van der Waals surface area contributed by atoms with Crippen molar-refractivity contribution >= 4 is 17.3 Å². The van der Waals surface area contributed by atoms with Crippen molar-refractivity contribution in [2.75, 3.05) is 17.7 Å². The van der Waals surface area contributed by atoms with Gasteiger partial charge in [-0.3, -0.25) is 0 Å². The van der Waals surface area contributed by atoms with E-state index in [4.69, 9.17) is 14.9 Å². The van der Waals surface area contributed by atoms with E-state index in [1.807, 2.05) is 12.1 Å². The summed E-state index contributed by atoms with van der Waals surface area (Å²) >= 11 is 0. The number of hydrogen-bond donors (Lipinski definition) is 2. The molecule has 0 fully saturated rings. The zero-order valence-electron chi connectivity index (χ0n) is 10.7. The lowest BCUT2D eigenvalue weighted by Gasteiger charge is -2.11. The minimum Gasteiger partial charge on any atom is -0.467 e. The Morgan fingerprint density at radius 2 is 2.21 bits per heavy atom. The first kappa shape index (κ1) is 13.0. The van der Waals surface area contributed by atoms with Crippen LogP contribution in [0.3, 0.4) is 0 Å². The fourth-order valence-corrected chi connectivity index (χ4v) is 1.70. The highest BCUT2D eigenvalue weighted by molar-refractivity contribution is 5.98. The van der Waals surface area contributed by atoms with E-state index in [9.17, 15) is 4.79 Å². The second-order valence-corrected chi connectivity index (χ2v) is 3.92. The molecule has 0 aliphatic rings. The molecule has 0 unspecified atom stereocenters. The van der Waals surface area contributed by atoms with Crippen LogP contribution in [0, 0.1) is 0 Å². The van der Waals surface area contributed by atoms with Crippen LogP contribution in [0.15, 0.2) is 41.0 Å². The number of nitrogens with two attached hydrogens (primary N) is 1. The summed E-state index contributed by atoms with van der Waals surface area (Å²) in [7, 11) is 0.